The molecule has 5 nitrogen and oxygen atoms in total. The largest absolute Gasteiger partial charge is 0.338 e. The maximum atomic E-state index is 13.7. The van der Waals surface area contributed by atoms with Crippen LogP contribution >= 0.6 is 0 Å². The van der Waals surface area contributed by atoms with Gasteiger partial charge in [-0.25, -0.2) is 13.9 Å². The first kappa shape index (κ1) is 15.7. The number of hydrogen-bond donors (Lipinski definition) is 0. The third-order valence-corrected chi connectivity index (χ3v) is 4.69. The average Bonchev–Trinajstić information content (AvgIpc) is 3.01. The number of hydrogen-bond acceptors (Lipinski definition) is 3. The van der Waals surface area contributed by atoms with E-state index in [0.717, 1.165) is 29.0 Å². The fraction of sp³-hybridized carbons (Fsp3) is 0.316. The van der Waals surface area contributed by atoms with E-state index in [0.29, 0.717) is 31.5 Å². The summed E-state index contributed by atoms with van der Waals surface area (Å²) in [6.07, 6.45) is 3.32. The third kappa shape index (κ3) is 2.99. The molecule has 0 radical (unpaired) electrons. The van der Waals surface area contributed by atoms with E-state index in [1.54, 1.807) is 18.2 Å². The van der Waals surface area contributed by atoms with Crippen LogP contribution in [-0.4, -0.2) is 31.9 Å². The van der Waals surface area contributed by atoms with Gasteiger partial charge in [-0.3, -0.25) is 4.79 Å². The van der Waals surface area contributed by atoms with Gasteiger partial charge in [0.05, 0.1) is 11.4 Å². The molecule has 0 fully saturated rings. The number of rotatable bonds is 3. The van der Waals surface area contributed by atoms with Crippen molar-refractivity contribution in [2.24, 2.45) is 0 Å². The molecule has 0 unspecified atom stereocenters. The van der Waals surface area contributed by atoms with Crippen molar-refractivity contribution in [1.82, 2.24) is 19.5 Å². The topological polar surface area (TPSA) is 50.5 Å². The third-order valence-electron chi connectivity index (χ3n) is 4.69. The Bertz CT molecular complexity index is 950. The van der Waals surface area contributed by atoms with E-state index in [1.165, 1.54) is 6.07 Å². The Labute approximate surface area is 145 Å². The van der Waals surface area contributed by atoms with E-state index >= 15 is 0 Å². The van der Waals surface area contributed by atoms with Gasteiger partial charge in [-0.05, 0) is 25.0 Å². The zero-order valence-electron chi connectivity index (χ0n) is 14.1. The molecule has 1 aliphatic rings. The molecule has 0 saturated heterocycles. The van der Waals surface area contributed by atoms with Gasteiger partial charge >= 0.3 is 0 Å². The minimum atomic E-state index is -0.250. The molecule has 0 aliphatic carbocycles. The Morgan fingerprint density at radius 2 is 2.16 bits per heavy atom. The van der Waals surface area contributed by atoms with Crippen LogP contribution in [-0.2, 0) is 24.2 Å². The van der Waals surface area contributed by atoms with Gasteiger partial charge in [-0.15, -0.1) is 0 Å². The van der Waals surface area contributed by atoms with Crippen molar-refractivity contribution in [3.63, 3.8) is 0 Å². The number of carbonyl (C=O) groups is 1. The molecule has 1 aromatic carbocycles. The number of carbonyl (C=O) groups excluding carboxylic acids is 1. The fourth-order valence-corrected chi connectivity index (χ4v) is 3.37. The highest BCUT2D eigenvalue weighted by molar-refractivity contribution is 5.76. The van der Waals surface area contributed by atoms with Crippen LogP contribution in [0.4, 0.5) is 4.39 Å². The van der Waals surface area contributed by atoms with E-state index < -0.39 is 0 Å². The van der Waals surface area contributed by atoms with Gasteiger partial charge in [0.25, 0.3) is 0 Å². The first-order chi connectivity index (χ1) is 12.1. The molecule has 25 heavy (non-hydrogen) atoms. The van der Waals surface area contributed by atoms with Gasteiger partial charge in [-0.1, -0.05) is 18.2 Å². The number of fused-ring (bicyclic) bond motifs is 3. The highest BCUT2D eigenvalue weighted by atomic mass is 19.1. The zero-order chi connectivity index (χ0) is 17.4. The second kappa shape index (κ2) is 6.27. The Kier molecular flexibility index (Phi) is 3.95. The van der Waals surface area contributed by atoms with Crippen LogP contribution in [0.25, 0.3) is 5.65 Å². The summed E-state index contributed by atoms with van der Waals surface area (Å²) >= 11 is 0. The monoisotopic (exact) mass is 338 g/mol. The minimum Gasteiger partial charge on any atom is -0.338 e. The lowest BCUT2D eigenvalue weighted by Crippen LogP contribution is -2.37. The number of aryl methyl sites for hydroxylation is 2. The molecular formula is C19H19FN4O. The Morgan fingerprint density at radius 3 is 3.00 bits per heavy atom. The highest BCUT2D eigenvalue weighted by Gasteiger charge is 2.23. The van der Waals surface area contributed by atoms with Gasteiger partial charge < -0.3 is 4.90 Å². The number of amides is 1. The molecule has 0 bridgehead atoms. The van der Waals surface area contributed by atoms with Crippen molar-refractivity contribution in [2.45, 2.75) is 32.7 Å². The standard InChI is InChI=1S/C19H19FN4O/c1-13-10-18-21-11-15-12-23(9-8-17(15)24(18)22-13)19(25)7-6-14-4-2-3-5-16(14)20/h2-5,10-11H,6-9,12H2,1H3. The van der Waals surface area contributed by atoms with Gasteiger partial charge in [0.15, 0.2) is 5.65 Å². The molecule has 1 aliphatic heterocycles. The first-order valence-electron chi connectivity index (χ1n) is 8.46. The molecule has 0 saturated carbocycles. The molecule has 0 atom stereocenters. The molecule has 1 amide bonds. The van der Waals surface area contributed by atoms with Gasteiger partial charge in [0, 0.05) is 43.8 Å². The van der Waals surface area contributed by atoms with Gasteiger partial charge in [-0.2, -0.15) is 5.10 Å². The second-order valence-corrected chi connectivity index (χ2v) is 6.44. The lowest BCUT2D eigenvalue weighted by molar-refractivity contribution is -0.132. The maximum Gasteiger partial charge on any atom is 0.223 e. The number of nitrogens with zero attached hydrogens (tertiary/aromatic N) is 4. The number of benzene rings is 1. The van der Waals surface area contributed by atoms with E-state index in [4.69, 9.17) is 0 Å². The van der Waals surface area contributed by atoms with Crippen LogP contribution in [0.5, 0.6) is 0 Å². The summed E-state index contributed by atoms with van der Waals surface area (Å²) in [7, 11) is 0. The molecule has 4 rings (SSSR count). The lowest BCUT2D eigenvalue weighted by Gasteiger charge is -2.28. The van der Waals surface area contributed by atoms with E-state index in [9.17, 15) is 9.18 Å². The van der Waals surface area contributed by atoms with Crippen molar-refractivity contribution in [3.05, 3.63) is 64.9 Å². The van der Waals surface area contributed by atoms with Crippen LogP contribution in [0.1, 0.15) is 28.9 Å². The molecule has 3 aromatic rings. The molecular weight excluding hydrogens is 319 g/mol. The van der Waals surface area contributed by atoms with Crippen molar-refractivity contribution in [2.75, 3.05) is 6.54 Å². The molecule has 6 heteroatoms. The van der Waals surface area contributed by atoms with Crippen molar-refractivity contribution >= 4 is 11.6 Å². The summed E-state index contributed by atoms with van der Waals surface area (Å²) in [6.45, 7) is 3.14. The Hall–Kier alpha value is -2.76. The van der Waals surface area contributed by atoms with Crippen LogP contribution in [0.2, 0.25) is 0 Å². The quantitative estimate of drug-likeness (QED) is 0.738. The smallest absolute Gasteiger partial charge is 0.223 e. The molecule has 2 aromatic heterocycles. The lowest BCUT2D eigenvalue weighted by atomic mass is 10.0. The molecule has 0 N–H and O–H groups in total. The average molecular weight is 338 g/mol. The molecule has 0 spiro atoms. The maximum absolute atomic E-state index is 13.7. The van der Waals surface area contributed by atoms with E-state index in [2.05, 4.69) is 10.1 Å². The number of halogens is 1. The van der Waals surface area contributed by atoms with Crippen molar-refractivity contribution < 1.29 is 9.18 Å². The van der Waals surface area contributed by atoms with Crippen LogP contribution in [0, 0.1) is 12.7 Å². The SMILES string of the molecule is Cc1cc2ncc3c(n2n1)CCN(C(=O)CCc1ccccc1F)C3. The normalized spacial score (nSPS) is 13.9. The van der Waals surface area contributed by atoms with Crippen LogP contribution in [0.3, 0.4) is 0 Å². The van der Waals surface area contributed by atoms with Gasteiger partial charge in [0.1, 0.15) is 5.82 Å². The van der Waals surface area contributed by atoms with Crippen molar-refractivity contribution in [1.29, 1.82) is 0 Å². The molecule has 3 heterocycles. The number of aromatic nitrogens is 3. The fourth-order valence-electron chi connectivity index (χ4n) is 3.37. The second-order valence-electron chi connectivity index (χ2n) is 6.44. The first-order valence-corrected chi connectivity index (χ1v) is 8.46. The van der Waals surface area contributed by atoms with Gasteiger partial charge in [0.2, 0.25) is 5.91 Å². The van der Waals surface area contributed by atoms with Crippen LogP contribution in [0.15, 0.2) is 36.5 Å². The summed E-state index contributed by atoms with van der Waals surface area (Å²) in [5.74, 6) is -0.203. The summed E-state index contributed by atoms with van der Waals surface area (Å²) in [5.41, 5.74) is 4.51. The minimum absolute atomic E-state index is 0.0469. The summed E-state index contributed by atoms with van der Waals surface area (Å²) in [4.78, 5) is 18.8. The van der Waals surface area contributed by atoms with E-state index in [-0.39, 0.29) is 11.7 Å². The van der Waals surface area contributed by atoms with Crippen LogP contribution < -0.4 is 0 Å². The highest BCUT2D eigenvalue weighted by Crippen LogP contribution is 2.21. The summed E-state index contributed by atoms with van der Waals surface area (Å²) < 4.78 is 15.6. The zero-order valence-corrected chi connectivity index (χ0v) is 14.1. The van der Waals surface area contributed by atoms with E-state index in [1.807, 2.05) is 28.6 Å². The summed E-state index contributed by atoms with van der Waals surface area (Å²) in [5, 5.41) is 4.49. The van der Waals surface area contributed by atoms with Crippen molar-refractivity contribution in [3.8, 4) is 0 Å². The Morgan fingerprint density at radius 1 is 1.32 bits per heavy atom. The molecule has 128 valence electrons. The Balaban J connectivity index is 1.47. The summed E-state index contributed by atoms with van der Waals surface area (Å²) in [6, 6.07) is 8.57. The predicted octanol–water partition coefficient (Wildman–Crippen LogP) is 2.69. The predicted molar refractivity (Wildman–Crippen MR) is 91.6 cm³/mol.